The van der Waals surface area contributed by atoms with E-state index in [-0.39, 0.29) is 19.2 Å². The highest BCUT2D eigenvalue weighted by molar-refractivity contribution is 5.79. The van der Waals surface area contributed by atoms with Gasteiger partial charge in [-0.15, -0.1) is 0 Å². The molecule has 0 bridgehead atoms. The largest absolute Gasteiger partial charge is 0.487 e. The highest BCUT2D eigenvalue weighted by Crippen LogP contribution is 2.29. The maximum Gasteiger partial charge on any atom is 0.407 e. The molecule has 1 aliphatic heterocycles. The van der Waals surface area contributed by atoms with E-state index in [1.807, 2.05) is 24.6 Å². The SMILES string of the molecule is COc1cc(C=O)c(OCC2=C(c3ccnn3C(C)C)CN(C(=O)O)CC2)cn1. The molecule has 0 saturated carbocycles. The number of methoxy groups -OCH3 is 1. The number of carbonyl (C=O) groups is 2. The van der Waals surface area contributed by atoms with Crippen molar-refractivity contribution >= 4 is 18.0 Å². The minimum absolute atomic E-state index is 0.127. The van der Waals surface area contributed by atoms with E-state index in [4.69, 9.17) is 9.47 Å². The second-order valence-electron chi connectivity index (χ2n) is 6.96. The van der Waals surface area contributed by atoms with Gasteiger partial charge in [-0.25, -0.2) is 9.78 Å². The van der Waals surface area contributed by atoms with Gasteiger partial charge in [-0.1, -0.05) is 0 Å². The minimum Gasteiger partial charge on any atom is -0.487 e. The Labute approximate surface area is 168 Å². The van der Waals surface area contributed by atoms with E-state index in [2.05, 4.69) is 10.1 Å². The van der Waals surface area contributed by atoms with Crippen molar-refractivity contribution in [2.75, 3.05) is 26.8 Å². The highest BCUT2D eigenvalue weighted by Gasteiger charge is 2.26. The van der Waals surface area contributed by atoms with Crippen LogP contribution in [0.2, 0.25) is 0 Å². The number of pyridine rings is 1. The third-order valence-corrected chi connectivity index (χ3v) is 4.81. The smallest absolute Gasteiger partial charge is 0.407 e. The van der Waals surface area contributed by atoms with Crippen molar-refractivity contribution in [3.8, 4) is 11.6 Å². The topological polar surface area (TPSA) is 107 Å². The van der Waals surface area contributed by atoms with Crippen LogP contribution >= 0.6 is 0 Å². The van der Waals surface area contributed by atoms with Crippen molar-refractivity contribution in [2.45, 2.75) is 26.3 Å². The Morgan fingerprint density at radius 2 is 2.21 bits per heavy atom. The second kappa shape index (κ2) is 8.76. The van der Waals surface area contributed by atoms with Gasteiger partial charge in [0.15, 0.2) is 6.29 Å². The van der Waals surface area contributed by atoms with Gasteiger partial charge in [0.1, 0.15) is 12.4 Å². The Hall–Kier alpha value is -3.36. The normalized spacial score (nSPS) is 14.3. The fourth-order valence-corrected chi connectivity index (χ4v) is 3.28. The van der Waals surface area contributed by atoms with Gasteiger partial charge in [0.2, 0.25) is 5.88 Å². The fraction of sp³-hybridized carbons (Fsp3) is 0.400. The third kappa shape index (κ3) is 4.39. The van der Waals surface area contributed by atoms with Crippen molar-refractivity contribution in [1.29, 1.82) is 0 Å². The lowest BCUT2D eigenvalue weighted by atomic mass is 9.97. The number of aldehydes is 1. The molecule has 0 saturated heterocycles. The molecule has 2 aromatic rings. The zero-order valence-corrected chi connectivity index (χ0v) is 16.7. The summed E-state index contributed by atoms with van der Waals surface area (Å²) in [4.78, 5) is 28.4. The van der Waals surface area contributed by atoms with Gasteiger partial charge >= 0.3 is 6.09 Å². The van der Waals surface area contributed by atoms with E-state index < -0.39 is 6.09 Å². The first-order valence-corrected chi connectivity index (χ1v) is 9.29. The van der Waals surface area contributed by atoms with Crippen molar-refractivity contribution in [3.05, 3.63) is 41.4 Å². The molecule has 0 fully saturated rings. The number of amides is 1. The molecule has 0 spiro atoms. The average Bonchev–Trinajstić information content (AvgIpc) is 3.22. The van der Waals surface area contributed by atoms with Crippen LogP contribution in [0.25, 0.3) is 5.57 Å². The molecule has 1 amide bonds. The van der Waals surface area contributed by atoms with E-state index in [9.17, 15) is 14.7 Å². The Morgan fingerprint density at radius 1 is 1.41 bits per heavy atom. The van der Waals surface area contributed by atoms with Crippen LogP contribution in [0.3, 0.4) is 0 Å². The maximum absolute atomic E-state index is 11.5. The first-order valence-electron chi connectivity index (χ1n) is 9.29. The Balaban J connectivity index is 1.92. The molecule has 9 nitrogen and oxygen atoms in total. The van der Waals surface area contributed by atoms with Crippen LogP contribution < -0.4 is 9.47 Å². The molecule has 9 heteroatoms. The summed E-state index contributed by atoms with van der Waals surface area (Å²) in [6.45, 7) is 4.90. The number of aromatic nitrogens is 3. The summed E-state index contributed by atoms with van der Waals surface area (Å²) in [5.41, 5.74) is 3.05. The van der Waals surface area contributed by atoms with Gasteiger partial charge in [-0.2, -0.15) is 5.10 Å². The van der Waals surface area contributed by atoms with Crippen molar-refractivity contribution < 1.29 is 24.2 Å². The average molecular weight is 400 g/mol. The first kappa shape index (κ1) is 20.4. The molecule has 0 atom stereocenters. The predicted octanol–water partition coefficient (Wildman–Crippen LogP) is 2.90. The summed E-state index contributed by atoms with van der Waals surface area (Å²) in [6, 6.07) is 3.52. The van der Waals surface area contributed by atoms with E-state index >= 15 is 0 Å². The molecule has 0 aromatic carbocycles. The second-order valence-corrected chi connectivity index (χ2v) is 6.96. The molecule has 1 N–H and O–H groups in total. The molecule has 29 heavy (non-hydrogen) atoms. The molecule has 1 aliphatic rings. The fourth-order valence-electron chi connectivity index (χ4n) is 3.28. The maximum atomic E-state index is 11.5. The molecule has 0 radical (unpaired) electrons. The Morgan fingerprint density at radius 3 is 2.86 bits per heavy atom. The number of ether oxygens (including phenoxy) is 2. The standard InChI is InChI=1S/C20H24N4O5/c1-13(2)24-17(4-6-22-24)16-10-23(20(26)27)7-5-14(16)12-29-18-9-21-19(28-3)8-15(18)11-25/h4,6,8-9,11,13H,5,7,10,12H2,1-3H3,(H,26,27). The number of rotatable bonds is 7. The number of hydrogen-bond acceptors (Lipinski definition) is 6. The summed E-state index contributed by atoms with van der Waals surface area (Å²) in [7, 11) is 1.47. The molecule has 3 heterocycles. The van der Waals surface area contributed by atoms with Gasteiger partial charge in [-0.05, 0) is 37.5 Å². The summed E-state index contributed by atoms with van der Waals surface area (Å²) in [6.07, 6.45) is 3.42. The lowest BCUT2D eigenvalue weighted by Gasteiger charge is -2.29. The summed E-state index contributed by atoms with van der Waals surface area (Å²) in [5, 5.41) is 13.8. The van der Waals surface area contributed by atoms with Crippen LogP contribution in [-0.2, 0) is 0 Å². The predicted molar refractivity (Wildman–Crippen MR) is 105 cm³/mol. The minimum atomic E-state index is -0.958. The quantitative estimate of drug-likeness (QED) is 0.712. The Kier molecular flexibility index (Phi) is 6.16. The van der Waals surface area contributed by atoms with Crippen LogP contribution in [0.5, 0.6) is 11.6 Å². The van der Waals surface area contributed by atoms with Gasteiger partial charge < -0.3 is 19.5 Å². The third-order valence-electron chi connectivity index (χ3n) is 4.81. The number of hydrogen-bond donors (Lipinski definition) is 1. The highest BCUT2D eigenvalue weighted by atomic mass is 16.5. The Bertz CT molecular complexity index is 935. The van der Waals surface area contributed by atoms with Crippen molar-refractivity contribution in [3.63, 3.8) is 0 Å². The van der Waals surface area contributed by atoms with Gasteiger partial charge in [0.05, 0.1) is 31.1 Å². The molecule has 0 unspecified atom stereocenters. The molecule has 0 aliphatic carbocycles. The molecule has 2 aromatic heterocycles. The van der Waals surface area contributed by atoms with E-state index in [0.717, 1.165) is 16.8 Å². The molecular formula is C20H24N4O5. The van der Waals surface area contributed by atoms with Crippen LogP contribution in [0.15, 0.2) is 30.1 Å². The van der Waals surface area contributed by atoms with Gasteiger partial charge in [0, 0.05) is 24.8 Å². The number of nitrogens with zero attached hydrogens (tertiary/aromatic N) is 4. The monoisotopic (exact) mass is 400 g/mol. The lowest BCUT2D eigenvalue weighted by Crippen LogP contribution is -2.36. The zero-order chi connectivity index (χ0) is 21.0. The van der Waals surface area contributed by atoms with Crippen LogP contribution in [-0.4, -0.2) is 64.0 Å². The van der Waals surface area contributed by atoms with Gasteiger partial charge in [0.25, 0.3) is 0 Å². The zero-order valence-electron chi connectivity index (χ0n) is 16.7. The number of carboxylic acid groups (broad SMARTS) is 1. The first-order chi connectivity index (χ1) is 13.9. The van der Waals surface area contributed by atoms with Crippen LogP contribution in [0, 0.1) is 0 Å². The summed E-state index contributed by atoms with van der Waals surface area (Å²) in [5.74, 6) is 0.681. The number of carbonyl (C=O) groups excluding carboxylic acids is 1. The summed E-state index contributed by atoms with van der Waals surface area (Å²) < 4.78 is 12.8. The van der Waals surface area contributed by atoms with Crippen molar-refractivity contribution in [2.24, 2.45) is 0 Å². The summed E-state index contributed by atoms with van der Waals surface area (Å²) >= 11 is 0. The van der Waals surface area contributed by atoms with E-state index in [1.165, 1.54) is 24.3 Å². The molecule has 3 rings (SSSR count). The van der Waals surface area contributed by atoms with Gasteiger partial charge in [-0.3, -0.25) is 9.48 Å². The van der Waals surface area contributed by atoms with Crippen molar-refractivity contribution in [1.82, 2.24) is 19.7 Å². The lowest BCUT2D eigenvalue weighted by molar-refractivity contribution is 0.111. The molecule has 154 valence electrons. The van der Waals surface area contributed by atoms with E-state index in [0.29, 0.717) is 36.4 Å². The van der Waals surface area contributed by atoms with Crippen LogP contribution in [0.1, 0.15) is 42.4 Å². The molecular weight excluding hydrogens is 376 g/mol. The van der Waals surface area contributed by atoms with E-state index in [1.54, 1.807) is 6.20 Å². The van der Waals surface area contributed by atoms with Crippen LogP contribution in [0.4, 0.5) is 4.79 Å².